The van der Waals surface area contributed by atoms with Gasteiger partial charge in [0.25, 0.3) is 0 Å². The van der Waals surface area contributed by atoms with Crippen molar-refractivity contribution in [3.8, 4) is 0 Å². The molecule has 1 heterocycles. The molecule has 0 radical (unpaired) electrons. The maximum atomic E-state index is 11.8. The molecular formula is C14H17NO4. The van der Waals surface area contributed by atoms with Crippen molar-refractivity contribution >= 4 is 12.1 Å². The SMILES string of the molecule is COC(=O)C1Cc2cc(C)ccc2CN1C(=O)OC. The number of nitrogens with zero attached hydrogens (tertiary/aromatic N) is 1. The van der Waals surface area contributed by atoms with Gasteiger partial charge in [-0.25, -0.2) is 9.59 Å². The van der Waals surface area contributed by atoms with Gasteiger partial charge in [-0.3, -0.25) is 4.90 Å². The summed E-state index contributed by atoms with van der Waals surface area (Å²) in [7, 11) is 2.63. The van der Waals surface area contributed by atoms with Gasteiger partial charge >= 0.3 is 12.1 Å². The lowest BCUT2D eigenvalue weighted by Crippen LogP contribution is -2.49. The summed E-state index contributed by atoms with van der Waals surface area (Å²) in [4.78, 5) is 25.0. The van der Waals surface area contributed by atoms with E-state index in [0.29, 0.717) is 13.0 Å². The summed E-state index contributed by atoms with van der Waals surface area (Å²) in [5, 5.41) is 0. The number of methoxy groups -OCH3 is 2. The Balaban J connectivity index is 2.36. The minimum Gasteiger partial charge on any atom is -0.467 e. The minimum atomic E-state index is -0.619. The number of aryl methyl sites for hydroxylation is 1. The van der Waals surface area contributed by atoms with E-state index in [1.807, 2.05) is 25.1 Å². The number of esters is 1. The van der Waals surface area contributed by atoms with Crippen LogP contribution in [0.25, 0.3) is 0 Å². The van der Waals surface area contributed by atoms with Crippen LogP contribution in [0.1, 0.15) is 16.7 Å². The predicted molar refractivity (Wildman–Crippen MR) is 68.6 cm³/mol. The normalized spacial score (nSPS) is 17.6. The summed E-state index contributed by atoms with van der Waals surface area (Å²) in [6, 6.07) is 5.40. The summed E-state index contributed by atoms with van der Waals surface area (Å²) < 4.78 is 9.50. The van der Waals surface area contributed by atoms with E-state index in [4.69, 9.17) is 9.47 Å². The fraction of sp³-hybridized carbons (Fsp3) is 0.429. The van der Waals surface area contributed by atoms with Gasteiger partial charge in [0.1, 0.15) is 6.04 Å². The van der Waals surface area contributed by atoms with Crippen LogP contribution in [0.3, 0.4) is 0 Å². The number of carbonyl (C=O) groups is 2. The van der Waals surface area contributed by atoms with Crippen LogP contribution in [0.2, 0.25) is 0 Å². The molecule has 2 rings (SSSR count). The number of amides is 1. The van der Waals surface area contributed by atoms with E-state index in [0.717, 1.165) is 16.7 Å². The van der Waals surface area contributed by atoms with E-state index >= 15 is 0 Å². The molecule has 0 saturated heterocycles. The first kappa shape index (κ1) is 13.4. The average Bonchev–Trinajstić information content (AvgIpc) is 2.44. The van der Waals surface area contributed by atoms with Crippen molar-refractivity contribution in [3.05, 3.63) is 34.9 Å². The molecule has 0 aliphatic carbocycles. The fourth-order valence-electron chi connectivity index (χ4n) is 2.37. The van der Waals surface area contributed by atoms with Crippen molar-refractivity contribution in [2.24, 2.45) is 0 Å². The van der Waals surface area contributed by atoms with E-state index in [-0.39, 0.29) is 0 Å². The Morgan fingerprint density at radius 2 is 1.95 bits per heavy atom. The second kappa shape index (κ2) is 5.30. The molecule has 5 heteroatoms. The summed E-state index contributed by atoms with van der Waals surface area (Å²) in [5.41, 5.74) is 3.25. The lowest BCUT2D eigenvalue weighted by molar-refractivity contribution is -0.146. The van der Waals surface area contributed by atoms with Crippen molar-refractivity contribution < 1.29 is 19.1 Å². The number of rotatable bonds is 1. The molecule has 102 valence electrons. The molecule has 0 N–H and O–H groups in total. The van der Waals surface area contributed by atoms with Crippen molar-refractivity contribution in [2.75, 3.05) is 14.2 Å². The summed E-state index contributed by atoms with van der Waals surface area (Å²) >= 11 is 0. The number of carbonyl (C=O) groups excluding carboxylic acids is 2. The molecule has 0 bridgehead atoms. The van der Waals surface area contributed by atoms with Crippen LogP contribution in [-0.2, 0) is 27.2 Å². The van der Waals surface area contributed by atoms with Gasteiger partial charge < -0.3 is 9.47 Å². The molecular weight excluding hydrogens is 246 g/mol. The molecule has 5 nitrogen and oxygen atoms in total. The third kappa shape index (κ3) is 2.54. The topological polar surface area (TPSA) is 55.8 Å². The van der Waals surface area contributed by atoms with Crippen molar-refractivity contribution in [1.29, 1.82) is 0 Å². The smallest absolute Gasteiger partial charge is 0.410 e. The highest BCUT2D eigenvalue weighted by Crippen LogP contribution is 2.25. The Labute approximate surface area is 112 Å². The second-order valence-electron chi connectivity index (χ2n) is 4.61. The Morgan fingerprint density at radius 1 is 1.21 bits per heavy atom. The Hall–Kier alpha value is -2.04. The van der Waals surface area contributed by atoms with Crippen LogP contribution in [0.4, 0.5) is 4.79 Å². The molecule has 1 amide bonds. The second-order valence-corrected chi connectivity index (χ2v) is 4.61. The van der Waals surface area contributed by atoms with Crippen LogP contribution < -0.4 is 0 Å². The molecule has 1 aromatic rings. The minimum absolute atomic E-state index is 0.363. The van der Waals surface area contributed by atoms with Gasteiger partial charge in [0.05, 0.1) is 20.8 Å². The van der Waals surface area contributed by atoms with Gasteiger partial charge in [0.2, 0.25) is 0 Å². The summed E-state index contributed by atoms with van der Waals surface area (Å²) in [6.45, 7) is 2.36. The van der Waals surface area contributed by atoms with Crippen LogP contribution in [0.5, 0.6) is 0 Å². The molecule has 0 fully saturated rings. The maximum Gasteiger partial charge on any atom is 0.410 e. The predicted octanol–water partition coefficient (Wildman–Crippen LogP) is 1.66. The highest BCUT2D eigenvalue weighted by molar-refractivity contribution is 5.82. The number of ether oxygens (including phenoxy) is 2. The molecule has 0 spiro atoms. The van der Waals surface area contributed by atoms with Crippen molar-refractivity contribution in [2.45, 2.75) is 25.9 Å². The largest absolute Gasteiger partial charge is 0.467 e. The fourth-order valence-corrected chi connectivity index (χ4v) is 2.37. The first-order valence-corrected chi connectivity index (χ1v) is 6.07. The lowest BCUT2D eigenvalue weighted by Gasteiger charge is -2.34. The quantitative estimate of drug-likeness (QED) is 0.723. The molecule has 1 aromatic carbocycles. The first-order chi connectivity index (χ1) is 9.06. The Bertz CT molecular complexity index is 512. The van der Waals surface area contributed by atoms with Gasteiger partial charge in [0.15, 0.2) is 0 Å². The average molecular weight is 263 g/mol. The van der Waals surface area contributed by atoms with Crippen LogP contribution in [0.15, 0.2) is 18.2 Å². The molecule has 1 unspecified atom stereocenters. The third-order valence-corrected chi connectivity index (χ3v) is 3.37. The standard InChI is InChI=1S/C14H17NO4/c1-9-4-5-10-8-15(14(17)19-3)12(13(16)18-2)7-11(10)6-9/h4-6,12H,7-8H2,1-3H3. The zero-order valence-electron chi connectivity index (χ0n) is 11.3. The van der Waals surface area contributed by atoms with E-state index in [1.54, 1.807) is 0 Å². The number of benzene rings is 1. The van der Waals surface area contributed by atoms with Crippen LogP contribution >= 0.6 is 0 Å². The third-order valence-electron chi connectivity index (χ3n) is 3.37. The highest BCUT2D eigenvalue weighted by Gasteiger charge is 2.35. The van der Waals surface area contributed by atoms with E-state index < -0.39 is 18.1 Å². The Kier molecular flexibility index (Phi) is 3.74. The monoisotopic (exact) mass is 263 g/mol. The number of hydrogen-bond donors (Lipinski definition) is 0. The summed E-state index contributed by atoms with van der Waals surface area (Å²) in [5.74, 6) is -0.419. The molecule has 1 atom stereocenters. The van der Waals surface area contributed by atoms with Crippen molar-refractivity contribution in [3.63, 3.8) is 0 Å². The zero-order valence-corrected chi connectivity index (χ0v) is 11.3. The molecule has 0 saturated carbocycles. The molecule has 19 heavy (non-hydrogen) atoms. The summed E-state index contributed by atoms with van der Waals surface area (Å²) in [6.07, 6.45) is -0.0553. The molecule has 0 aromatic heterocycles. The van der Waals surface area contributed by atoms with Gasteiger partial charge in [-0.1, -0.05) is 23.8 Å². The van der Waals surface area contributed by atoms with Crippen LogP contribution in [-0.4, -0.2) is 37.2 Å². The number of hydrogen-bond acceptors (Lipinski definition) is 4. The van der Waals surface area contributed by atoms with Crippen molar-refractivity contribution in [1.82, 2.24) is 4.90 Å². The molecule has 1 aliphatic rings. The van der Waals surface area contributed by atoms with Gasteiger partial charge in [-0.15, -0.1) is 0 Å². The van der Waals surface area contributed by atoms with E-state index in [1.165, 1.54) is 19.1 Å². The highest BCUT2D eigenvalue weighted by atomic mass is 16.5. The Morgan fingerprint density at radius 3 is 2.58 bits per heavy atom. The van der Waals surface area contributed by atoms with Gasteiger partial charge in [0, 0.05) is 6.42 Å². The number of fused-ring (bicyclic) bond motifs is 1. The zero-order chi connectivity index (χ0) is 14.0. The maximum absolute atomic E-state index is 11.8. The van der Waals surface area contributed by atoms with Gasteiger partial charge in [-0.05, 0) is 18.1 Å². The van der Waals surface area contributed by atoms with Crippen LogP contribution in [0, 0.1) is 6.92 Å². The van der Waals surface area contributed by atoms with Gasteiger partial charge in [-0.2, -0.15) is 0 Å². The van der Waals surface area contributed by atoms with E-state index in [9.17, 15) is 9.59 Å². The van der Waals surface area contributed by atoms with E-state index in [2.05, 4.69) is 0 Å². The molecule has 1 aliphatic heterocycles. The lowest BCUT2D eigenvalue weighted by atomic mass is 9.93. The first-order valence-electron chi connectivity index (χ1n) is 6.07.